The van der Waals surface area contributed by atoms with Crippen LogP contribution in [-0.2, 0) is 0 Å². The van der Waals surface area contributed by atoms with Crippen LogP contribution in [0.3, 0.4) is 0 Å². The third-order valence-corrected chi connectivity index (χ3v) is 3.76. The van der Waals surface area contributed by atoms with Crippen LogP contribution >= 0.6 is 11.6 Å². The van der Waals surface area contributed by atoms with Gasteiger partial charge in [0.05, 0.1) is 17.8 Å². The number of nitrogens with two attached hydrogens (primary N) is 1. The number of anilines is 2. The summed E-state index contributed by atoms with van der Waals surface area (Å²) in [5.41, 5.74) is 7.60. The zero-order valence-electron chi connectivity index (χ0n) is 11.6. The van der Waals surface area contributed by atoms with Crippen molar-refractivity contribution < 1.29 is 9.53 Å². The van der Waals surface area contributed by atoms with Gasteiger partial charge < -0.3 is 20.4 Å². The van der Waals surface area contributed by atoms with Gasteiger partial charge in [0.15, 0.2) is 0 Å². The van der Waals surface area contributed by atoms with Crippen LogP contribution in [0.1, 0.15) is 29.4 Å². The van der Waals surface area contributed by atoms with Crippen molar-refractivity contribution in [3.05, 3.63) is 41.2 Å². The molecule has 3 N–H and O–H groups in total. The lowest BCUT2D eigenvalue weighted by molar-refractivity contribution is 0.101. The fourth-order valence-corrected chi connectivity index (χ4v) is 2.46. The average Bonchev–Trinajstić information content (AvgIpc) is 3.23. The SMILES string of the molecule is COc1cc(NC(=O)c2cc(N)cn2C2CC2)ccc1Cl. The van der Waals surface area contributed by atoms with Crippen molar-refractivity contribution in [2.24, 2.45) is 0 Å². The molecule has 1 amide bonds. The Hall–Kier alpha value is -2.14. The van der Waals surface area contributed by atoms with Gasteiger partial charge in [0, 0.05) is 24.0 Å². The quantitative estimate of drug-likeness (QED) is 0.910. The topological polar surface area (TPSA) is 69.3 Å². The number of hydrogen-bond acceptors (Lipinski definition) is 3. The summed E-state index contributed by atoms with van der Waals surface area (Å²) in [6.45, 7) is 0. The molecule has 0 unspecified atom stereocenters. The normalized spacial score (nSPS) is 14.0. The smallest absolute Gasteiger partial charge is 0.272 e. The lowest BCUT2D eigenvalue weighted by Gasteiger charge is -2.10. The maximum Gasteiger partial charge on any atom is 0.272 e. The van der Waals surface area contributed by atoms with Gasteiger partial charge in [0.2, 0.25) is 0 Å². The van der Waals surface area contributed by atoms with E-state index in [2.05, 4.69) is 5.32 Å². The number of aromatic nitrogens is 1. The Bertz CT molecular complexity index is 692. The van der Waals surface area contributed by atoms with Crippen LogP contribution in [0.5, 0.6) is 5.75 Å². The molecule has 1 saturated carbocycles. The summed E-state index contributed by atoms with van der Waals surface area (Å²) in [6, 6.07) is 7.19. The fourth-order valence-electron chi connectivity index (χ4n) is 2.27. The van der Waals surface area contributed by atoms with E-state index in [4.69, 9.17) is 22.1 Å². The molecular weight excluding hydrogens is 290 g/mol. The van der Waals surface area contributed by atoms with Crippen LogP contribution in [0.15, 0.2) is 30.5 Å². The Balaban J connectivity index is 1.83. The van der Waals surface area contributed by atoms with E-state index in [0.717, 1.165) is 12.8 Å². The lowest BCUT2D eigenvalue weighted by Crippen LogP contribution is -2.16. The van der Waals surface area contributed by atoms with Gasteiger partial charge in [-0.1, -0.05) is 11.6 Å². The first kappa shape index (κ1) is 13.8. The number of nitrogens with one attached hydrogen (secondary N) is 1. The van der Waals surface area contributed by atoms with E-state index in [1.807, 2.05) is 10.8 Å². The second kappa shape index (κ2) is 5.33. The van der Waals surface area contributed by atoms with E-state index >= 15 is 0 Å². The van der Waals surface area contributed by atoms with Crippen molar-refractivity contribution in [3.8, 4) is 5.75 Å². The Morgan fingerprint density at radius 2 is 2.19 bits per heavy atom. The monoisotopic (exact) mass is 305 g/mol. The highest BCUT2D eigenvalue weighted by molar-refractivity contribution is 6.32. The van der Waals surface area contributed by atoms with Gasteiger partial charge in [-0.3, -0.25) is 4.79 Å². The van der Waals surface area contributed by atoms with Crippen molar-refractivity contribution in [1.29, 1.82) is 0 Å². The van der Waals surface area contributed by atoms with E-state index in [0.29, 0.717) is 33.9 Å². The minimum Gasteiger partial charge on any atom is -0.495 e. The van der Waals surface area contributed by atoms with Crippen LogP contribution in [0.4, 0.5) is 11.4 Å². The summed E-state index contributed by atoms with van der Waals surface area (Å²) in [6.07, 6.45) is 3.99. The molecular formula is C15H16ClN3O2. The largest absolute Gasteiger partial charge is 0.495 e. The van der Waals surface area contributed by atoms with E-state index < -0.39 is 0 Å². The van der Waals surface area contributed by atoms with Crippen molar-refractivity contribution in [2.75, 3.05) is 18.2 Å². The molecule has 0 aliphatic heterocycles. The molecule has 0 bridgehead atoms. The van der Waals surface area contributed by atoms with E-state index in [1.54, 1.807) is 24.3 Å². The van der Waals surface area contributed by atoms with Gasteiger partial charge in [-0.2, -0.15) is 0 Å². The molecule has 5 nitrogen and oxygen atoms in total. The maximum atomic E-state index is 12.4. The number of rotatable bonds is 4. The number of benzene rings is 1. The highest BCUT2D eigenvalue weighted by Crippen LogP contribution is 2.37. The highest BCUT2D eigenvalue weighted by atomic mass is 35.5. The lowest BCUT2D eigenvalue weighted by atomic mass is 10.3. The molecule has 1 heterocycles. The van der Waals surface area contributed by atoms with E-state index in [-0.39, 0.29) is 5.91 Å². The molecule has 2 aromatic rings. The predicted molar refractivity (Wildman–Crippen MR) is 83.1 cm³/mol. The van der Waals surface area contributed by atoms with Crippen LogP contribution in [0, 0.1) is 0 Å². The summed E-state index contributed by atoms with van der Waals surface area (Å²) in [5.74, 6) is 0.328. The highest BCUT2D eigenvalue weighted by Gasteiger charge is 2.27. The second-order valence-corrected chi connectivity index (χ2v) is 5.51. The van der Waals surface area contributed by atoms with E-state index in [1.165, 1.54) is 7.11 Å². The molecule has 110 valence electrons. The molecule has 0 radical (unpaired) electrons. The molecule has 0 atom stereocenters. The zero-order chi connectivity index (χ0) is 15.0. The molecule has 1 aromatic heterocycles. The molecule has 1 aliphatic carbocycles. The number of ether oxygens (including phenoxy) is 1. The molecule has 1 aliphatic rings. The summed E-state index contributed by atoms with van der Waals surface area (Å²) < 4.78 is 7.08. The molecule has 6 heteroatoms. The summed E-state index contributed by atoms with van der Waals surface area (Å²) >= 11 is 5.97. The number of nitrogen functional groups attached to an aromatic ring is 1. The summed E-state index contributed by atoms with van der Waals surface area (Å²) in [7, 11) is 1.53. The van der Waals surface area contributed by atoms with Crippen LogP contribution in [0.2, 0.25) is 5.02 Å². The maximum absolute atomic E-state index is 12.4. The number of methoxy groups -OCH3 is 1. The molecule has 1 fully saturated rings. The first-order chi connectivity index (χ1) is 10.1. The van der Waals surface area contributed by atoms with Crippen molar-refractivity contribution in [2.45, 2.75) is 18.9 Å². The molecule has 21 heavy (non-hydrogen) atoms. The van der Waals surface area contributed by atoms with Crippen LogP contribution in [0.25, 0.3) is 0 Å². The van der Waals surface area contributed by atoms with Gasteiger partial charge in [-0.05, 0) is 31.0 Å². The van der Waals surface area contributed by atoms with Gasteiger partial charge >= 0.3 is 0 Å². The first-order valence-corrected chi connectivity index (χ1v) is 7.08. The van der Waals surface area contributed by atoms with Crippen molar-refractivity contribution in [3.63, 3.8) is 0 Å². The molecule has 0 spiro atoms. The predicted octanol–water partition coefficient (Wildman–Crippen LogP) is 3.32. The number of carbonyl (C=O) groups is 1. The minimum atomic E-state index is -0.192. The third-order valence-electron chi connectivity index (χ3n) is 3.45. The molecule has 0 saturated heterocycles. The average molecular weight is 306 g/mol. The summed E-state index contributed by atoms with van der Waals surface area (Å²) in [4.78, 5) is 12.4. The number of hydrogen-bond donors (Lipinski definition) is 2. The van der Waals surface area contributed by atoms with Gasteiger partial charge in [-0.25, -0.2) is 0 Å². The Kier molecular flexibility index (Phi) is 3.51. The Morgan fingerprint density at radius 3 is 2.86 bits per heavy atom. The number of nitrogens with zero attached hydrogens (tertiary/aromatic N) is 1. The van der Waals surface area contributed by atoms with Gasteiger partial charge in [0.25, 0.3) is 5.91 Å². The summed E-state index contributed by atoms with van der Waals surface area (Å²) in [5, 5.41) is 3.34. The van der Waals surface area contributed by atoms with Crippen molar-refractivity contribution in [1.82, 2.24) is 4.57 Å². The standard InChI is InChI=1S/C15H16ClN3O2/c1-21-14-7-10(2-5-12(14)16)18-15(20)13-6-9(17)8-19(13)11-3-4-11/h2,5-8,11H,3-4,17H2,1H3,(H,18,20). The third kappa shape index (κ3) is 2.83. The van der Waals surface area contributed by atoms with Crippen molar-refractivity contribution >= 4 is 28.9 Å². The number of carbonyl (C=O) groups excluding carboxylic acids is 1. The Labute approximate surface area is 127 Å². The second-order valence-electron chi connectivity index (χ2n) is 5.10. The van der Waals surface area contributed by atoms with Crippen LogP contribution in [-0.4, -0.2) is 17.6 Å². The van der Waals surface area contributed by atoms with Gasteiger partial charge in [-0.15, -0.1) is 0 Å². The Morgan fingerprint density at radius 1 is 1.43 bits per heavy atom. The van der Waals surface area contributed by atoms with E-state index in [9.17, 15) is 4.79 Å². The molecule has 1 aromatic carbocycles. The van der Waals surface area contributed by atoms with Crippen LogP contribution < -0.4 is 15.8 Å². The number of halogens is 1. The van der Waals surface area contributed by atoms with Gasteiger partial charge in [0.1, 0.15) is 11.4 Å². The zero-order valence-corrected chi connectivity index (χ0v) is 12.4. The number of amides is 1. The molecule has 3 rings (SSSR count). The fraction of sp³-hybridized carbons (Fsp3) is 0.267. The minimum absolute atomic E-state index is 0.192. The first-order valence-electron chi connectivity index (χ1n) is 6.70.